The van der Waals surface area contributed by atoms with Gasteiger partial charge in [-0.3, -0.25) is 4.79 Å². The molecule has 0 amide bonds. The summed E-state index contributed by atoms with van der Waals surface area (Å²) in [4.78, 5) is 11.0. The maximum atomic E-state index is 11.0. The molecule has 0 aliphatic heterocycles. The molecular formula is C9H14O4. The second kappa shape index (κ2) is 3.21. The Morgan fingerprint density at radius 3 is 2.54 bits per heavy atom. The third-order valence-electron chi connectivity index (χ3n) is 2.50. The fourth-order valence-corrected chi connectivity index (χ4v) is 1.55. The van der Waals surface area contributed by atoms with E-state index >= 15 is 0 Å². The van der Waals surface area contributed by atoms with Gasteiger partial charge in [-0.25, -0.2) is 0 Å². The first-order valence-corrected chi connectivity index (χ1v) is 4.14. The predicted molar refractivity (Wildman–Crippen MR) is 46.0 cm³/mol. The fourth-order valence-electron chi connectivity index (χ4n) is 1.55. The van der Waals surface area contributed by atoms with Crippen molar-refractivity contribution in [2.45, 2.75) is 37.6 Å². The summed E-state index contributed by atoms with van der Waals surface area (Å²) in [6.07, 6.45) is -2.22. The maximum Gasteiger partial charge on any atom is 0.161 e. The summed E-state index contributed by atoms with van der Waals surface area (Å²) in [5, 5.41) is 28.3. The average molecular weight is 186 g/mol. The Morgan fingerprint density at radius 1 is 1.62 bits per heavy atom. The van der Waals surface area contributed by atoms with Gasteiger partial charge in [0, 0.05) is 12.8 Å². The Morgan fingerprint density at radius 2 is 2.15 bits per heavy atom. The highest BCUT2D eigenvalue weighted by Crippen LogP contribution is 2.32. The first kappa shape index (κ1) is 10.4. The van der Waals surface area contributed by atoms with E-state index in [1.165, 1.54) is 6.92 Å². The summed E-state index contributed by atoms with van der Waals surface area (Å²) < 4.78 is 0. The number of Topliss-reactive ketones (excluding diaryl/α,β-unsaturated/α-hetero) is 1. The Kier molecular flexibility index (Phi) is 2.56. The van der Waals surface area contributed by atoms with E-state index in [0.29, 0.717) is 5.57 Å². The lowest BCUT2D eigenvalue weighted by Crippen LogP contribution is -2.49. The van der Waals surface area contributed by atoms with Crippen molar-refractivity contribution in [3.05, 3.63) is 12.2 Å². The molecule has 0 bridgehead atoms. The topological polar surface area (TPSA) is 77.8 Å². The van der Waals surface area contributed by atoms with E-state index in [1.807, 2.05) is 0 Å². The van der Waals surface area contributed by atoms with Crippen LogP contribution in [0.1, 0.15) is 19.8 Å². The molecule has 3 N–H and O–H groups in total. The van der Waals surface area contributed by atoms with Crippen LogP contribution < -0.4 is 0 Å². The molecule has 3 atom stereocenters. The number of carbonyl (C=O) groups is 1. The van der Waals surface area contributed by atoms with Gasteiger partial charge in [0.05, 0.1) is 6.10 Å². The lowest BCUT2D eigenvalue weighted by molar-refractivity contribution is -0.144. The molecule has 0 aromatic heterocycles. The molecule has 74 valence electrons. The molecule has 0 aromatic carbocycles. The van der Waals surface area contributed by atoms with Crippen LogP contribution in [0.3, 0.4) is 0 Å². The van der Waals surface area contributed by atoms with Crippen LogP contribution in [0.5, 0.6) is 0 Å². The molecule has 1 saturated carbocycles. The van der Waals surface area contributed by atoms with Gasteiger partial charge in [-0.05, 0) is 12.5 Å². The number of aliphatic hydroxyl groups is 3. The molecule has 13 heavy (non-hydrogen) atoms. The zero-order valence-electron chi connectivity index (χ0n) is 7.53. The second-order valence-corrected chi connectivity index (χ2v) is 3.64. The third-order valence-corrected chi connectivity index (χ3v) is 2.50. The largest absolute Gasteiger partial charge is 0.390 e. The van der Waals surface area contributed by atoms with Gasteiger partial charge in [0.25, 0.3) is 0 Å². The molecule has 4 nitrogen and oxygen atoms in total. The molecule has 4 heteroatoms. The molecule has 1 aliphatic rings. The van der Waals surface area contributed by atoms with Gasteiger partial charge in [-0.15, -0.1) is 0 Å². The van der Waals surface area contributed by atoms with Crippen LogP contribution in [0.15, 0.2) is 12.2 Å². The highest BCUT2D eigenvalue weighted by Gasteiger charge is 2.43. The van der Waals surface area contributed by atoms with Crippen LogP contribution >= 0.6 is 0 Å². The smallest absolute Gasteiger partial charge is 0.161 e. The quantitative estimate of drug-likeness (QED) is 0.477. The highest BCUT2D eigenvalue weighted by molar-refractivity contribution is 5.85. The van der Waals surface area contributed by atoms with Crippen molar-refractivity contribution >= 4 is 5.78 Å². The highest BCUT2D eigenvalue weighted by atomic mass is 16.3. The molecule has 0 saturated heterocycles. The van der Waals surface area contributed by atoms with Gasteiger partial charge in [-0.2, -0.15) is 0 Å². The summed E-state index contributed by atoms with van der Waals surface area (Å²) in [7, 11) is 0. The van der Waals surface area contributed by atoms with E-state index in [1.54, 1.807) is 0 Å². The Labute approximate surface area is 76.5 Å². The zero-order valence-corrected chi connectivity index (χ0v) is 7.53. The summed E-state index contributed by atoms with van der Waals surface area (Å²) in [5.74, 6) is -0.403. The van der Waals surface area contributed by atoms with Gasteiger partial charge >= 0.3 is 0 Å². The van der Waals surface area contributed by atoms with Crippen molar-refractivity contribution in [2.75, 3.05) is 0 Å². The van der Waals surface area contributed by atoms with Gasteiger partial charge in [-0.1, -0.05) is 6.58 Å². The van der Waals surface area contributed by atoms with Crippen molar-refractivity contribution in [1.29, 1.82) is 0 Å². The monoisotopic (exact) mass is 186 g/mol. The van der Waals surface area contributed by atoms with Crippen molar-refractivity contribution < 1.29 is 20.1 Å². The van der Waals surface area contributed by atoms with Crippen molar-refractivity contribution in [3.63, 3.8) is 0 Å². The molecule has 1 aliphatic carbocycles. The van der Waals surface area contributed by atoms with Crippen LogP contribution in [-0.2, 0) is 4.79 Å². The molecule has 1 rings (SSSR count). The van der Waals surface area contributed by atoms with E-state index in [9.17, 15) is 20.1 Å². The lowest BCUT2D eigenvalue weighted by Gasteiger charge is -2.36. The normalized spacial score (nSPS) is 40.5. The van der Waals surface area contributed by atoms with E-state index in [2.05, 4.69) is 6.58 Å². The summed E-state index contributed by atoms with van der Waals surface area (Å²) >= 11 is 0. The van der Waals surface area contributed by atoms with Gasteiger partial charge < -0.3 is 15.3 Å². The number of carbonyl (C=O) groups excluding carboxylic acids is 1. The van der Waals surface area contributed by atoms with Crippen molar-refractivity contribution in [1.82, 2.24) is 0 Å². The number of rotatable bonds is 1. The molecule has 0 unspecified atom stereocenters. The van der Waals surface area contributed by atoms with Crippen LogP contribution in [-0.4, -0.2) is 38.9 Å². The molecule has 1 fully saturated rings. The summed E-state index contributed by atoms with van der Waals surface area (Å²) in [6, 6.07) is 0. The second-order valence-electron chi connectivity index (χ2n) is 3.64. The first-order valence-electron chi connectivity index (χ1n) is 4.14. The van der Waals surface area contributed by atoms with Crippen molar-refractivity contribution in [2.24, 2.45) is 0 Å². The number of hydrogen-bond acceptors (Lipinski definition) is 4. The van der Waals surface area contributed by atoms with Gasteiger partial charge in [0.1, 0.15) is 11.7 Å². The van der Waals surface area contributed by atoms with Crippen molar-refractivity contribution in [3.8, 4) is 0 Å². The maximum absolute atomic E-state index is 11.0. The summed E-state index contributed by atoms with van der Waals surface area (Å²) in [5.41, 5.74) is -1.24. The predicted octanol–water partition coefficient (Wildman–Crippen LogP) is -0.622. The van der Waals surface area contributed by atoms with E-state index in [4.69, 9.17) is 0 Å². The van der Waals surface area contributed by atoms with Gasteiger partial charge in [0.2, 0.25) is 0 Å². The van der Waals surface area contributed by atoms with Gasteiger partial charge in [0.15, 0.2) is 5.78 Å². The number of aliphatic hydroxyl groups excluding tert-OH is 2. The van der Waals surface area contributed by atoms with Crippen LogP contribution in [0.2, 0.25) is 0 Å². The van der Waals surface area contributed by atoms with E-state index in [-0.39, 0.29) is 12.8 Å². The molecule has 0 heterocycles. The molecule has 0 spiro atoms. The van der Waals surface area contributed by atoms with Crippen LogP contribution in [0, 0.1) is 0 Å². The Balaban J connectivity index is 2.85. The number of hydrogen-bond donors (Lipinski definition) is 3. The fraction of sp³-hybridized carbons (Fsp3) is 0.667. The first-order chi connectivity index (χ1) is 5.87. The van der Waals surface area contributed by atoms with E-state index < -0.39 is 23.6 Å². The summed E-state index contributed by atoms with van der Waals surface area (Å²) in [6.45, 7) is 4.76. The SMILES string of the molecule is C=C1C[C@@](O)(C(C)=O)C[C@@H](O)[C@@H]1O. The minimum absolute atomic E-state index is 0.0283. The molecule has 0 aromatic rings. The molecule has 0 radical (unpaired) electrons. The van der Waals surface area contributed by atoms with E-state index in [0.717, 1.165) is 0 Å². The van der Waals surface area contributed by atoms with Crippen LogP contribution in [0.25, 0.3) is 0 Å². The van der Waals surface area contributed by atoms with Crippen LogP contribution in [0.4, 0.5) is 0 Å². The minimum atomic E-state index is -1.55. The standard InChI is InChI=1S/C9H14O4/c1-5-3-9(13,6(2)10)4-7(11)8(5)12/h7-8,11-13H,1,3-4H2,2H3/t7-,8-,9+/m1/s1. The number of ketones is 1. The lowest BCUT2D eigenvalue weighted by atomic mass is 9.77. The zero-order chi connectivity index (χ0) is 10.2. The Hall–Kier alpha value is -0.710. The Bertz CT molecular complexity index is 248. The average Bonchev–Trinajstić information content (AvgIpc) is 2.00. The molecular weight excluding hydrogens is 172 g/mol. The third kappa shape index (κ3) is 1.80. The minimum Gasteiger partial charge on any atom is -0.390 e.